The van der Waals surface area contributed by atoms with Gasteiger partial charge in [-0.1, -0.05) is 12.2 Å². The minimum atomic E-state index is -0.255. The number of nitrogens with one attached hydrogen (secondary N) is 3. The van der Waals surface area contributed by atoms with Crippen LogP contribution in [-0.2, 0) is 0 Å². The third-order valence-corrected chi connectivity index (χ3v) is 4.03. The number of thiocarbonyl (C=S) groups is 1. The normalized spacial score (nSPS) is 26.3. The molecule has 2 aliphatic rings. The van der Waals surface area contributed by atoms with E-state index in [1.165, 1.54) is 12.6 Å². The van der Waals surface area contributed by atoms with Crippen LogP contribution in [0.1, 0.15) is 23.2 Å². The van der Waals surface area contributed by atoms with Gasteiger partial charge in [0.25, 0.3) is 5.91 Å². The van der Waals surface area contributed by atoms with Crippen LogP contribution in [0.25, 0.3) is 0 Å². The number of fused-ring (bicyclic) bond motifs is 2. The number of aromatic nitrogens is 1. The lowest BCUT2D eigenvalue weighted by Gasteiger charge is -2.21. The molecule has 3 atom stereocenters. The van der Waals surface area contributed by atoms with Crippen LogP contribution in [0.4, 0.5) is 0 Å². The number of carbonyl (C=O) groups is 1. The number of hydrogen-bond donors (Lipinski definition) is 3. The second-order valence-corrected chi connectivity index (χ2v) is 5.59. The van der Waals surface area contributed by atoms with Gasteiger partial charge in [-0.3, -0.25) is 20.6 Å². The molecule has 0 radical (unpaired) electrons. The summed E-state index contributed by atoms with van der Waals surface area (Å²) in [5.74, 6) is 0.995. The maximum atomic E-state index is 11.8. The molecule has 1 saturated carbocycles. The highest BCUT2D eigenvalue weighted by Gasteiger charge is 2.35. The van der Waals surface area contributed by atoms with Gasteiger partial charge in [-0.25, -0.2) is 0 Å². The van der Waals surface area contributed by atoms with E-state index in [2.05, 4.69) is 33.3 Å². The van der Waals surface area contributed by atoms with E-state index in [0.29, 0.717) is 28.6 Å². The Kier molecular flexibility index (Phi) is 3.64. The molecule has 20 heavy (non-hydrogen) atoms. The molecule has 2 bridgehead atoms. The van der Waals surface area contributed by atoms with Crippen LogP contribution in [0.15, 0.2) is 36.7 Å². The molecule has 104 valence electrons. The quantitative estimate of drug-likeness (QED) is 0.433. The van der Waals surface area contributed by atoms with Gasteiger partial charge < -0.3 is 5.32 Å². The van der Waals surface area contributed by atoms with Crippen molar-refractivity contribution in [3.8, 4) is 0 Å². The van der Waals surface area contributed by atoms with E-state index >= 15 is 0 Å². The molecule has 6 heteroatoms. The van der Waals surface area contributed by atoms with Crippen LogP contribution in [0.3, 0.4) is 0 Å². The number of hydrogen-bond acceptors (Lipinski definition) is 3. The van der Waals surface area contributed by atoms with Crippen molar-refractivity contribution in [2.24, 2.45) is 11.8 Å². The molecule has 0 aromatic carbocycles. The van der Waals surface area contributed by atoms with Gasteiger partial charge in [0.1, 0.15) is 0 Å². The first-order valence-corrected chi connectivity index (χ1v) is 7.08. The maximum absolute atomic E-state index is 11.8. The Labute approximate surface area is 122 Å². The maximum Gasteiger partial charge on any atom is 0.271 e. The number of allylic oxidation sites excluding steroid dienone is 1. The number of amides is 1. The van der Waals surface area contributed by atoms with Gasteiger partial charge in [-0.05, 0) is 49.0 Å². The van der Waals surface area contributed by atoms with Crippen molar-refractivity contribution in [1.29, 1.82) is 0 Å². The molecule has 3 rings (SSSR count). The average Bonchev–Trinajstić information content (AvgIpc) is 3.08. The first kappa shape index (κ1) is 13.1. The average molecular weight is 288 g/mol. The molecule has 3 N–H and O–H groups in total. The van der Waals surface area contributed by atoms with Gasteiger partial charge in [0.05, 0.1) is 5.56 Å². The SMILES string of the molecule is O=C(NNC(=S)N[C@H]1C[C@@H]2C=C[C@H]1C2)c1cccnc1. The molecule has 5 nitrogen and oxygen atoms in total. The second kappa shape index (κ2) is 5.58. The molecule has 1 aromatic heterocycles. The zero-order chi connectivity index (χ0) is 13.9. The fraction of sp³-hybridized carbons (Fsp3) is 0.357. The monoisotopic (exact) mass is 288 g/mol. The van der Waals surface area contributed by atoms with E-state index in [1.807, 2.05) is 0 Å². The Morgan fingerprint density at radius 3 is 2.85 bits per heavy atom. The lowest BCUT2D eigenvalue weighted by atomic mass is 10.0. The third-order valence-electron chi connectivity index (χ3n) is 3.81. The fourth-order valence-corrected chi connectivity index (χ4v) is 3.04. The molecule has 1 amide bonds. The lowest BCUT2D eigenvalue weighted by Crippen LogP contribution is -2.50. The van der Waals surface area contributed by atoms with E-state index < -0.39 is 0 Å². The Balaban J connectivity index is 1.46. The molecule has 1 fully saturated rings. The van der Waals surface area contributed by atoms with Crippen LogP contribution in [0.5, 0.6) is 0 Å². The Morgan fingerprint density at radius 2 is 2.20 bits per heavy atom. The van der Waals surface area contributed by atoms with Crippen molar-refractivity contribution >= 4 is 23.2 Å². The van der Waals surface area contributed by atoms with Crippen molar-refractivity contribution in [2.75, 3.05) is 0 Å². The van der Waals surface area contributed by atoms with Crippen molar-refractivity contribution < 1.29 is 4.79 Å². The summed E-state index contributed by atoms with van der Waals surface area (Å²) in [5, 5.41) is 3.71. The second-order valence-electron chi connectivity index (χ2n) is 5.18. The molecular formula is C14H16N4OS. The largest absolute Gasteiger partial charge is 0.358 e. The summed E-state index contributed by atoms with van der Waals surface area (Å²) in [6.45, 7) is 0. The van der Waals surface area contributed by atoms with E-state index in [9.17, 15) is 4.79 Å². The zero-order valence-corrected chi connectivity index (χ0v) is 11.7. The minimum absolute atomic E-state index is 0.255. The number of rotatable bonds is 2. The van der Waals surface area contributed by atoms with Gasteiger partial charge in [-0.15, -0.1) is 0 Å². The van der Waals surface area contributed by atoms with Crippen LogP contribution < -0.4 is 16.2 Å². The molecule has 0 unspecified atom stereocenters. The predicted molar refractivity (Wildman–Crippen MR) is 79.7 cm³/mol. The summed E-state index contributed by atoms with van der Waals surface area (Å²) in [6, 6.07) is 3.79. The number of nitrogens with zero attached hydrogens (tertiary/aromatic N) is 1. The highest BCUT2D eigenvalue weighted by molar-refractivity contribution is 7.80. The molecular weight excluding hydrogens is 272 g/mol. The van der Waals surface area contributed by atoms with E-state index in [1.54, 1.807) is 18.3 Å². The third kappa shape index (κ3) is 2.80. The number of carbonyl (C=O) groups excluding carboxylic acids is 1. The van der Waals surface area contributed by atoms with Gasteiger partial charge in [0.15, 0.2) is 5.11 Å². The fourth-order valence-electron chi connectivity index (χ4n) is 2.83. The van der Waals surface area contributed by atoms with Crippen molar-refractivity contribution in [3.63, 3.8) is 0 Å². The van der Waals surface area contributed by atoms with Gasteiger partial charge >= 0.3 is 0 Å². The van der Waals surface area contributed by atoms with Crippen molar-refractivity contribution in [3.05, 3.63) is 42.2 Å². The highest BCUT2D eigenvalue weighted by Crippen LogP contribution is 2.38. The predicted octanol–water partition coefficient (Wildman–Crippen LogP) is 1.16. The topological polar surface area (TPSA) is 66.1 Å². The Morgan fingerprint density at radius 1 is 1.30 bits per heavy atom. The van der Waals surface area contributed by atoms with Crippen LogP contribution in [-0.4, -0.2) is 22.0 Å². The molecule has 0 aliphatic heterocycles. The van der Waals surface area contributed by atoms with Crippen LogP contribution in [0.2, 0.25) is 0 Å². The van der Waals surface area contributed by atoms with Crippen molar-refractivity contribution in [1.82, 2.24) is 21.2 Å². The molecule has 1 aromatic rings. The first-order chi connectivity index (χ1) is 9.72. The van der Waals surface area contributed by atoms with Crippen molar-refractivity contribution in [2.45, 2.75) is 18.9 Å². The Bertz CT molecular complexity index is 545. The number of pyridine rings is 1. The van der Waals surface area contributed by atoms with Gasteiger partial charge in [-0.2, -0.15) is 0 Å². The van der Waals surface area contributed by atoms with Crippen LogP contribution >= 0.6 is 12.2 Å². The minimum Gasteiger partial charge on any atom is -0.358 e. The van der Waals surface area contributed by atoms with Crippen LogP contribution in [0, 0.1) is 11.8 Å². The Hall–Kier alpha value is -1.95. The standard InChI is InChI=1S/C14H16N4OS/c19-13(11-2-1-5-15-8-11)17-18-14(20)16-12-7-9-3-4-10(12)6-9/h1-5,8-10,12H,6-7H2,(H,17,19)(H2,16,18,20)/t9-,10+,12+/m1/s1. The van der Waals surface area contributed by atoms with Gasteiger partial charge in [0, 0.05) is 18.4 Å². The summed E-state index contributed by atoms with van der Waals surface area (Å²) in [6.07, 6.45) is 9.99. The summed E-state index contributed by atoms with van der Waals surface area (Å²) in [7, 11) is 0. The molecule has 2 aliphatic carbocycles. The summed E-state index contributed by atoms with van der Waals surface area (Å²) < 4.78 is 0. The summed E-state index contributed by atoms with van der Waals surface area (Å²) in [4.78, 5) is 15.7. The summed E-state index contributed by atoms with van der Waals surface area (Å²) in [5.41, 5.74) is 5.79. The van der Waals surface area contributed by atoms with E-state index in [4.69, 9.17) is 12.2 Å². The van der Waals surface area contributed by atoms with E-state index in [0.717, 1.165) is 6.42 Å². The van der Waals surface area contributed by atoms with E-state index in [-0.39, 0.29) is 5.91 Å². The molecule has 0 saturated heterocycles. The smallest absolute Gasteiger partial charge is 0.271 e. The number of hydrazine groups is 1. The molecule has 0 spiro atoms. The molecule has 1 heterocycles. The first-order valence-electron chi connectivity index (χ1n) is 6.67. The zero-order valence-electron chi connectivity index (χ0n) is 10.9. The lowest BCUT2D eigenvalue weighted by molar-refractivity contribution is 0.0943. The highest BCUT2D eigenvalue weighted by atomic mass is 32.1. The summed E-state index contributed by atoms with van der Waals surface area (Å²) >= 11 is 5.20. The van der Waals surface area contributed by atoms with Gasteiger partial charge in [0.2, 0.25) is 0 Å².